The number of aryl methyl sites for hydroxylation is 2. The summed E-state index contributed by atoms with van der Waals surface area (Å²) in [6, 6.07) is 5.72. The molecule has 6 nitrogen and oxygen atoms in total. The molecule has 1 saturated carbocycles. The molecule has 9 heteroatoms. The van der Waals surface area contributed by atoms with Crippen LogP contribution in [0.4, 0.5) is 14.6 Å². The van der Waals surface area contributed by atoms with Crippen LogP contribution in [0.3, 0.4) is 0 Å². The van der Waals surface area contributed by atoms with Crippen LogP contribution in [-0.4, -0.2) is 38.5 Å². The molecular weight excluding hydrogens is 434 g/mol. The highest BCUT2D eigenvalue weighted by molar-refractivity contribution is 7.17. The Labute approximate surface area is 186 Å². The van der Waals surface area contributed by atoms with E-state index in [-0.39, 0.29) is 12.4 Å². The number of halogens is 2. The number of benzene rings is 1. The highest BCUT2D eigenvalue weighted by Gasteiger charge is 2.61. The second-order valence-electron chi connectivity index (χ2n) is 8.07. The van der Waals surface area contributed by atoms with Crippen LogP contribution >= 0.6 is 11.3 Å². The molecule has 32 heavy (non-hydrogen) atoms. The molecule has 1 aliphatic rings. The highest BCUT2D eigenvalue weighted by atomic mass is 32.1. The lowest BCUT2D eigenvalue weighted by Gasteiger charge is -2.11. The molecule has 5 rings (SSSR count). The van der Waals surface area contributed by atoms with Crippen LogP contribution in [0.5, 0.6) is 0 Å². The molecule has 1 amide bonds. The summed E-state index contributed by atoms with van der Waals surface area (Å²) < 4.78 is 27.3. The third kappa shape index (κ3) is 3.71. The minimum atomic E-state index is -2.92. The van der Waals surface area contributed by atoms with Crippen molar-refractivity contribution in [1.82, 2.24) is 15.0 Å². The molecule has 1 aromatic carbocycles. The van der Waals surface area contributed by atoms with Gasteiger partial charge in [-0.15, -0.1) is 11.3 Å². The minimum Gasteiger partial charge on any atom is -0.396 e. The van der Waals surface area contributed by atoms with Crippen molar-refractivity contribution in [3.8, 4) is 11.1 Å². The van der Waals surface area contributed by atoms with Crippen molar-refractivity contribution in [1.29, 1.82) is 0 Å². The average Bonchev–Trinajstić information content (AvgIpc) is 3.17. The van der Waals surface area contributed by atoms with Gasteiger partial charge >= 0.3 is 0 Å². The molecule has 1 fully saturated rings. The van der Waals surface area contributed by atoms with Crippen LogP contribution in [0.2, 0.25) is 0 Å². The van der Waals surface area contributed by atoms with Crippen molar-refractivity contribution in [2.24, 2.45) is 5.92 Å². The summed E-state index contributed by atoms with van der Waals surface area (Å²) in [7, 11) is 0. The molecule has 0 unspecified atom stereocenters. The quantitative estimate of drug-likeness (QED) is 0.440. The first-order valence-corrected chi connectivity index (χ1v) is 11.2. The van der Waals surface area contributed by atoms with E-state index < -0.39 is 24.2 Å². The maximum Gasteiger partial charge on any atom is 0.260 e. The van der Waals surface area contributed by atoms with Crippen molar-refractivity contribution >= 4 is 44.1 Å². The van der Waals surface area contributed by atoms with Crippen LogP contribution < -0.4 is 5.32 Å². The van der Waals surface area contributed by atoms with E-state index >= 15 is 0 Å². The number of amides is 1. The first-order chi connectivity index (χ1) is 15.4. The summed E-state index contributed by atoms with van der Waals surface area (Å²) in [5.74, 6) is -4.65. The van der Waals surface area contributed by atoms with E-state index in [0.29, 0.717) is 12.8 Å². The van der Waals surface area contributed by atoms with Crippen molar-refractivity contribution in [3.63, 3.8) is 0 Å². The fourth-order valence-corrected chi connectivity index (χ4v) is 4.75. The van der Waals surface area contributed by atoms with Crippen molar-refractivity contribution in [3.05, 3.63) is 47.4 Å². The second kappa shape index (κ2) is 7.83. The van der Waals surface area contributed by atoms with Crippen molar-refractivity contribution in [2.45, 2.75) is 32.1 Å². The van der Waals surface area contributed by atoms with Gasteiger partial charge in [0.25, 0.3) is 5.92 Å². The van der Waals surface area contributed by atoms with E-state index in [1.54, 1.807) is 17.8 Å². The van der Waals surface area contributed by atoms with Gasteiger partial charge in [-0.1, -0.05) is 0 Å². The summed E-state index contributed by atoms with van der Waals surface area (Å²) in [5.41, 5.74) is 6.46. The number of aliphatic hydroxyl groups excluding tert-OH is 1. The van der Waals surface area contributed by atoms with Gasteiger partial charge < -0.3 is 10.4 Å². The SMILES string of the molecule is Cc1cc(CCCO)ncc1-c1cc2cnc(NC(=O)[C@@H]3CC3(F)F)cc2c2scnc12. The zero-order valence-electron chi connectivity index (χ0n) is 17.2. The van der Waals surface area contributed by atoms with E-state index in [4.69, 9.17) is 5.11 Å². The highest BCUT2D eigenvalue weighted by Crippen LogP contribution is 2.49. The monoisotopic (exact) mass is 454 g/mol. The Bertz CT molecular complexity index is 1350. The standard InChI is InChI=1S/C23H20F2N4O2S/c1-12-5-14(3-2-4-30)26-10-17(12)16-6-13-9-27-19(29-22(31)18-8-23(18,24)25)7-15(13)21-20(16)28-11-32-21/h5-7,9-11,18,30H,2-4,8H2,1H3,(H,27,29,31)/t18-/m0/s1. The fourth-order valence-electron chi connectivity index (χ4n) is 3.91. The maximum atomic E-state index is 13.2. The van der Waals surface area contributed by atoms with Crippen molar-refractivity contribution in [2.75, 3.05) is 11.9 Å². The lowest BCUT2D eigenvalue weighted by Crippen LogP contribution is -2.18. The molecule has 3 aromatic heterocycles. The number of aliphatic hydroxyl groups is 1. The molecule has 4 aromatic rings. The second-order valence-corrected chi connectivity index (χ2v) is 8.92. The number of hydrogen-bond acceptors (Lipinski definition) is 6. The van der Waals surface area contributed by atoms with E-state index in [1.165, 1.54) is 11.3 Å². The molecule has 0 aliphatic heterocycles. The summed E-state index contributed by atoms with van der Waals surface area (Å²) in [6.45, 7) is 2.15. The normalized spacial score (nSPS) is 17.1. The maximum absolute atomic E-state index is 13.2. The number of fused-ring (bicyclic) bond motifs is 3. The third-order valence-electron chi connectivity index (χ3n) is 5.74. The summed E-state index contributed by atoms with van der Waals surface area (Å²) in [6.07, 6.45) is 4.44. The molecule has 0 saturated heterocycles. The van der Waals surface area contributed by atoms with Gasteiger partial charge in [0.15, 0.2) is 0 Å². The summed E-state index contributed by atoms with van der Waals surface area (Å²) >= 11 is 1.47. The Hall–Kier alpha value is -3.04. The smallest absolute Gasteiger partial charge is 0.260 e. The average molecular weight is 455 g/mol. The van der Waals surface area contributed by atoms with Crippen molar-refractivity contribution < 1.29 is 18.7 Å². The predicted octanol–water partition coefficient (Wildman–Crippen LogP) is 4.73. The minimum absolute atomic E-state index is 0.130. The van der Waals surface area contributed by atoms with E-state index in [9.17, 15) is 13.6 Å². The summed E-state index contributed by atoms with van der Waals surface area (Å²) in [4.78, 5) is 25.4. The van der Waals surface area contributed by atoms with Crippen LogP contribution in [0, 0.1) is 12.8 Å². The lowest BCUT2D eigenvalue weighted by atomic mass is 9.98. The van der Waals surface area contributed by atoms with Crippen LogP contribution in [0.15, 0.2) is 36.1 Å². The number of carbonyl (C=O) groups is 1. The van der Waals surface area contributed by atoms with E-state index in [2.05, 4.69) is 20.3 Å². The lowest BCUT2D eigenvalue weighted by molar-refractivity contribution is -0.119. The van der Waals surface area contributed by atoms with Gasteiger partial charge in [-0.2, -0.15) is 0 Å². The molecular formula is C23H20F2N4O2S. The zero-order chi connectivity index (χ0) is 22.5. The number of aromatic nitrogens is 3. The van der Waals surface area contributed by atoms with Gasteiger partial charge in [0, 0.05) is 53.0 Å². The van der Waals surface area contributed by atoms with Gasteiger partial charge in [-0.05, 0) is 43.5 Å². The molecule has 0 bridgehead atoms. The number of nitrogens with one attached hydrogen (secondary N) is 1. The number of pyridine rings is 2. The number of hydrogen-bond donors (Lipinski definition) is 2. The molecule has 3 heterocycles. The van der Waals surface area contributed by atoms with E-state index in [1.807, 2.05) is 25.3 Å². The van der Waals surface area contributed by atoms with Gasteiger partial charge in [0.2, 0.25) is 5.91 Å². The Kier molecular flexibility index (Phi) is 5.10. The number of carbonyl (C=O) groups excluding carboxylic acids is 1. The number of thiazole rings is 1. The number of nitrogens with zero attached hydrogens (tertiary/aromatic N) is 3. The molecule has 2 N–H and O–H groups in total. The predicted molar refractivity (Wildman–Crippen MR) is 120 cm³/mol. The zero-order valence-corrected chi connectivity index (χ0v) is 18.0. The first-order valence-electron chi connectivity index (χ1n) is 10.3. The molecule has 164 valence electrons. The Morgan fingerprint density at radius 2 is 2.03 bits per heavy atom. The van der Waals surface area contributed by atoms with E-state index in [0.717, 1.165) is 43.4 Å². The Morgan fingerprint density at radius 3 is 2.75 bits per heavy atom. The first kappa shape index (κ1) is 20.8. The largest absolute Gasteiger partial charge is 0.396 e. The third-order valence-corrected chi connectivity index (χ3v) is 6.60. The van der Waals surface area contributed by atoms with Gasteiger partial charge in [0.05, 0.1) is 15.7 Å². The number of anilines is 1. The topological polar surface area (TPSA) is 88.0 Å². The molecule has 0 radical (unpaired) electrons. The van der Waals surface area contributed by atoms with Gasteiger partial charge in [0.1, 0.15) is 11.7 Å². The summed E-state index contributed by atoms with van der Waals surface area (Å²) in [5, 5.41) is 13.3. The molecule has 1 atom stereocenters. The molecule has 1 aliphatic carbocycles. The van der Waals surface area contributed by atoms with Crippen LogP contribution in [-0.2, 0) is 11.2 Å². The Balaban J connectivity index is 1.53. The van der Waals surface area contributed by atoms with Crippen LogP contribution in [0.1, 0.15) is 24.1 Å². The van der Waals surface area contributed by atoms with Crippen LogP contribution in [0.25, 0.3) is 32.1 Å². The van der Waals surface area contributed by atoms with Gasteiger partial charge in [-0.3, -0.25) is 9.78 Å². The fraction of sp³-hybridized carbons (Fsp3) is 0.304. The molecule has 0 spiro atoms. The van der Waals surface area contributed by atoms with Gasteiger partial charge in [-0.25, -0.2) is 18.7 Å². The number of alkyl halides is 2. The number of rotatable bonds is 6. The Morgan fingerprint density at radius 1 is 1.22 bits per heavy atom.